The standard InChI is InChI=1S/C18H25N3O2/c1-11(2)14-9-13(20-16-7-8-19-21-16)10-15(18(4,5)6)17(14)23-12(3)22/h7-11H,1-6H3,(H2,19,20,21). The van der Waals surface area contributed by atoms with E-state index in [-0.39, 0.29) is 17.3 Å². The molecule has 5 nitrogen and oxygen atoms in total. The number of anilines is 2. The van der Waals surface area contributed by atoms with Gasteiger partial charge in [0.2, 0.25) is 0 Å². The summed E-state index contributed by atoms with van der Waals surface area (Å²) < 4.78 is 5.57. The second-order valence-corrected chi connectivity index (χ2v) is 7.02. The number of hydrogen-bond donors (Lipinski definition) is 2. The molecule has 0 atom stereocenters. The SMILES string of the molecule is CC(=O)Oc1c(C(C)C)cc(Nc2cc[nH]n2)cc1C(C)(C)C. The third-order valence-corrected chi connectivity index (χ3v) is 3.57. The van der Waals surface area contributed by atoms with E-state index in [4.69, 9.17) is 4.74 Å². The van der Waals surface area contributed by atoms with Crippen molar-refractivity contribution in [3.63, 3.8) is 0 Å². The zero-order chi connectivity index (χ0) is 17.2. The lowest BCUT2D eigenvalue weighted by Crippen LogP contribution is -2.17. The van der Waals surface area contributed by atoms with Crippen LogP contribution in [0.15, 0.2) is 24.4 Å². The van der Waals surface area contributed by atoms with Gasteiger partial charge in [0.25, 0.3) is 0 Å². The number of aromatic nitrogens is 2. The summed E-state index contributed by atoms with van der Waals surface area (Å²) in [5.74, 6) is 1.35. The Bertz CT molecular complexity index is 683. The van der Waals surface area contributed by atoms with E-state index in [1.54, 1.807) is 6.20 Å². The van der Waals surface area contributed by atoms with Gasteiger partial charge in [0.1, 0.15) is 5.75 Å². The Morgan fingerprint density at radius 2 is 2.00 bits per heavy atom. The molecule has 1 aromatic heterocycles. The fourth-order valence-electron chi connectivity index (χ4n) is 2.44. The number of benzene rings is 1. The molecule has 2 aromatic rings. The first-order valence-corrected chi connectivity index (χ1v) is 7.82. The number of nitrogens with zero attached hydrogens (tertiary/aromatic N) is 1. The number of ether oxygens (including phenoxy) is 1. The summed E-state index contributed by atoms with van der Waals surface area (Å²) in [5.41, 5.74) is 2.78. The van der Waals surface area contributed by atoms with Crippen LogP contribution in [0.3, 0.4) is 0 Å². The molecule has 0 unspecified atom stereocenters. The van der Waals surface area contributed by atoms with Crippen molar-refractivity contribution in [1.82, 2.24) is 10.2 Å². The highest BCUT2D eigenvalue weighted by molar-refractivity contribution is 5.72. The van der Waals surface area contributed by atoms with Crippen LogP contribution in [0.5, 0.6) is 5.75 Å². The molecule has 1 aromatic carbocycles. The highest BCUT2D eigenvalue weighted by Crippen LogP contribution is 2.40. The second-order valence-electron chi connectivity index (χ2n) is 7.02. The summed E-state index contributed by atoms with van der Waals surface area (Å²) >= 11 is 0. The Hall–Kier alpha value is -2.30. The molecule has 1 heterocycles. The van der Waals surface area contributed by atoms with Gasteiger partial charge >= 0.3 is 5.97 Å². The van der Waals surface area contributed by atoms with Crippen molar-refractivity contribution in [3.05, 3.63) is 35.5 Å². The zero-order valence-corrected chi connectivity index (χ0v) is 14.7. The Balaban J connectivity index is 2.59. The Labute approximate surface area is 137 Å². The lowest BCUT2D eigenvalue weighted by Gasteiger charge is -2.26. The van der Waals surface area contributed by atoms with Crippen molar-refractivity contribution in [2.75, 3.05) is 5.32 Å². The molecule has 0 fully saturated rings. The minimum atomic E-state index is -0.301. The van der Waals surface area contributed by atoms with Crippen molar-refractivity contribution in [2.24, 2.45) is 0 Å². The summed E-state index contributed by atoms with van der Waals surface area (Å²) in [6.45, 7) is 11.9. The van der Waals surface area contributed by atoms with Crippen LogP contribution in [0.2, 0.25) is 0 Å². The molecule has 2 rings (SSSR count). The lowest BCUT2D eigenvalue weighted by molar-refractivity contribution is -0.132. The van der Waals surface area contributed by atoms with Gasteiger partial charge in [-0.3, -0.25) is 9.89 Å². The molecule has 0 bridgehead atoms. The number of hydrogen-bond acceptors (Lipinski definition) is 4. The molecule has 0 amide bonds. The maximum absolute atomic E-state index is 11.6. The average molecular weight is 315 g/mol. The van der Waals surface area contributed by atoms with E-state index in [0.29, 0.717) is 5.75 Å². The van der Waals surface area contributed by atoms with Crippen LogP contribution in [0, 0.1) is 0 Å². The summed E-state index contributed by atoms with van der Waals surface area (Å²) in [6.07, 6.45) is 1.77. The normalized spacial score (nSPS) is 11.6. The predicted molar refractivity (Wildman–Crippen MR) is 92.4 cm³/mol. The summed E-state index contributed by atoms with van der Waals surface area (Å²) in [6, 6.07) is 5.91. The monoisotopic (exact) mass is 315 g/mol. The number of aromatic amines is 1. The molecule has 124 valence electrons. The maximum atomic E-state index is 11.6. The predicted octanol–water partition coefficient (Wildman–Crippen LogP) is 4.50. The number of carbonyl (C=O) groups is 1. The van der Waals surface area contributed by atoms with Gasteiger partial charge in [-0.2, -0.15) is 5.10 Å². The van der Waals surface area contributed by atoms with Crippen LogP contribution in [0.1, 0.15) is 58.6 Å². The van der Waals surface area contributed by atoms with Crippen molar-refractivity contribution in [1.29, 1.82) is 0 Å². The van der Waals surface area contributed by atoms with Gasteiger partial charge < -0.3 is 10.1 Å². The van der Waals surface area contributed by atoms with Crippen LogP contribution >= 0.6 is 0 Å². The minimum absolute atomic E-state index is 0.155. The van der Waals surface area contributed by atoms with Crippen molar-refractivity contribution in [2.45, 2.75) is 52.9 Å². The fourth-order valence-corrected chi connectivity index (χ4v) is 2.44. The molecule has 0 aliphatic heterocycles. The molecule has 0 radical (unpaired) electrons. The Kier molecular flexibility index (Phi) is 4.78. The minimum Gasteiger partial charge on any atom is -0.426 e. The number of nitrogens with one attached hydrogen (secondary N) is 2. The van der Waals surface area contributed by atoms with Crippen molar-refractivity contribution in [3.8, 4) is 5.75 Å². The molecular weight excluding hydrogens is 290 g/mol. The summed E-state index contributed by atoms with van der Waals surface area (Å²) in [7, 11) is 0. The number of rotatable bonds is 4. The van der Waals surface area contributed by atoms with Gasteiger partial charge in [-0.1, -0.05) is 34.6 Å². The molecule has 0 saturated heterocycles. The van der Waals surface area contributed by atoms with Crippen molar-refractivity contribution < 1.29 is 9.53 Å². The molecule has 23 heavy (non-hydrogen) atoms. The van der Waals surface area contributed by atoms with E-state index in [1.165, 1.54) is 6.92 Å². The van der Waals surface area contributed by atoms with Gasteiger partial charge in [0, 0.05) is 30.4 Å². The van der Waals surface area contributed by atoms with Gasteiger partial charge in [-0.05, 0) is 29.0 Å². The van der Waals surface area contributed by atoms with Crippen LogP contribution < -0.4 is 10.1 Å². The Morgan fingerprint density at radius 3 is 2.48 bits per heavy atom. The third kappa shape index (κ3) is 4.12. The highest BCUT2D eigenvalue weighted by atomic mass is 16.5. The van der Waals surface area contributed by atoms with E-state index in [9.17, 15) is 4.79 Å². The van der Waals surface area contributed by atoms with Crippen LogP contribution in [-0.4, -0.2) is 16.2 Å². The van der Waals surface area contributed by atoms with E-state index < -0.39 is 0 Å². The quantitative estimate of drug-likeness (QED) is 0.644. The fraction of sp³-hybridized carbons (Fsp3) is 0.444. The van der Waals surface area contributed by atoms with E-state index in [2.05, 4.69) is 50.1 Å². The van der Waals surface area contributed by atoms with Gasteiger partial charge in [-0.25, -0.2) is 0 Å². The first kappa shape index (κ1) is 17.1. The van der Waals surface area contributed by atoms with E-state index in [0.717, 1.165) is 22.6 Å². The third-order valence-electron chi connectivity index (χ3n) is 3.57. The number of carbonyl (C=O) groups excluding carboxylic acids is 1. The number of esters is 1. The molecule has 0 saturated carbocycles. The van der Waals surface area contributed by atoms with Gasteiger partial charge in [0.05, 0.1) is 0 Å². The first-order valence-electron chi connectivity index (χ1n) is 7.82. The van der Waals surface area contributed by atoms with Crippen LogP contribution in [0.25, 0.3) is 0 Å². The molecule has 2 N–H and O–H groups in total. The van der Waals surface area contributed by atoms with Crippen LogP contribution in [-0.2, 0) is 10.2 Å². The lowest BCUT2D eigenvalue weighted by atomic mass is 9.83. The Morgan fingerprint density at radius 1 is 1.30 bits per heavy atom. The van der Waals surface area contributed by atoms with Gasteiger partial charge in [-0.15, -0.1) is 0 Å². The average Bonchev–Trinajstić information content (AvgIpc) is 2.90. The molecule has 0 spiro atoms. The molecular formula is C18H25N3O2. The molecule has 5 heteroatoms. The summed E-state index contributed by atoms with van der Waals surface area (Å²) in [5, 5.41) is 10.2. The largest absolute Gasteiger partial charge is 0.426 e. The highest BCUT2D eigenvalue weighted by Gasteiger charge is 2.25. The van der Waals surface area contributed by atoms with E-state index >= 15 is 0 Å². The molecule has 0 aliphatic carbocycles. The van der Waals surface area contributed by atoms with Crippen molar-refractivity contribution >= 4 is 17.5 Å². The first-order chi connectivity index (χ1) is 10.7. The topological polar surface area (TPSA) is 67.0 Å². The van der Waals surface area contributed by atoms with Gasteiger partial charge in [0.15, 0.2) is 5.82 Å². The smallest absolute Gasteiger partial charge is 0.308 e. The van der Waals surface area contributed by atoms with E-state index in [1.807, 2.05) is 18.2 Å². The maximum Gasteiger partial charge on any atom is 0.308 e. The molecule has 0 aliphatic rings. The van der Waals surface area contributed by atoms with Crippen LogP contribution in [0.4, 0.5) is 11.5 Å². The summed E-state index contributed by atoms with van der Waals surface area (Å²) in [4.78, 5) is 11.6. The number of H-pyrrole nitrogens is 1. The second kappa shape index (κ2) is 6.44. The zero-order valence-electron chi connectivity index (χ0n) is 14.7.